The maximum atomic E-state index is 11.9. The Morgan fingerprint density at radius 3 is 2.75 bits per heavy atom. The Balaban J connectivity index is 1.62. The Morgan fingerprint density at radius 2 is 2.00 bits per heavy atom. The van der Waals surface area contributed by atoms with Crippen molar-refractivity contribution in [3.05, 3.63) is 0 Å². The molecule has 0 aromatic carbocycles. The fourth-order valence-corrected chi connectivity index (χ4v) is 3.16. The van der Waals surface area contributed by atoms with Crippen LogP contribution in [0.4, 0.5) is 4.79 Å². The minimum absolute atomic E-state index is 0.00999. The summed E-state index contributed by atoms with van der Waals surface area (Å²) in [5.41, 5.74) is 0. The van der Waals surface area contributed by atoms with E-state index in [1.807, 2.05) is 0 Å². The van der Waals surface area contributed by atoms with Gasteiger partial charge in [-0.1, -0.05) is 26.7 Å². The molecular formula is C15H29N3O2. The molecule has 1 saturated heterocycles. The molecule has 0 spiro atoms. The molecule has 5 nitrogen and oxygen atoms in total. The lowest BCUT2D eigenvalue weighted by molar-refractivity contribution is 0.0387. The second kappa shape index (κ2) is 7.84. The Kier molecular flexibility index (Phi) is 6.10. The van der Waals surface area contributed by atoms with Crippen LogP contribution in [0.25, 0.3) is 0 Å². The van der Waals surface area contributed by atoms with Gasteiger partial charge in [-0.15, -0.1) is 0 Å². The van der Waals surface area contributed by atoms with Crippen molar-refractivity contribution in [1.82, 2.24) is 15.5 Å². The van der Waals surface area contributed by atoms with Gasteiger partial charge in [0.05, 0.1) is 13.2 Å². The first-order valence-electron chi connectivity index (χ1n) is 8.01. The largest absolute Gasteiger partial charge is 0.379 e. The zero-order valence-electron chi connectivity index (χ0n) is 12.9. The number of carbonyl (C=O) groups is 1. The summed E-state index contributed by atoms with van der Waals surface area (Å²) in [6.07, 6.45) is 3.63. The monoisotopic (exact) mass is 283 g/mol. The molecule has 116 valence electrons. The van der Waals surface area contributed by atoms with Crippen molar-refractivity contribution in [3.8, 4) is 0 Å². The molecule has 2 fully saturated rings. The number of amides is 2. The van der Waals surface area contributed by atoms with E-state index < -0.39 is 0 Å². The normalized spacial score (nSPS) is 31.8. The third-order valence-corrected chi connectivity index (χ3v) is 4.84. The van der Waals surface area contributed by atoms with E-state index in [0.29, 0.717) is 24.4 Å². The summed E-state index contributed by atoms with van der Waals surface area (Å²) in [4.78, 5) is 14.3. The van der Waals surface area contributed by atoms with E-state index in [2.05, 4.69) is 29.4 Å². The zero-order valence-corrected chi connectivity index (χ0v) is 12.9. The topological polar surface area (TPSA) is 53.6 Å². The maximum Gasteiger partial charge on any atom is 0.315 e. The number of morpholine rings is 1. The summed E-state index contributed by atoms with van der Waals surface area (Å²) in [5, 5.41) is 6.12. The number of hydrogen-bond donors (Lipinski definition) is 2. The molecule has 0 radical (unpaired) electrons. The first-order valence-corrected chi connectivity index (χ1v) is 8.01. The minimum atomic E-state index is -0.00999. The predicted octanol–water partition coefficient (Wildman–Crippen LogP) is 1.44. The van der Waals surface area contributed by atoms with Gasteiger partial charge < -0.3 is 15.4 Å². The molecule has 1 saturated carbocycles. The maximum absolute atomic E-state index is 11.9. The van der Waals surface area contributed by atoms with Crippen molar-refractivity contribution in [2.45, 2.75) is 39.2 Å². The van der Waals surface area contributed by atoms with E-state index in [1.54, 1.807) is 0 Å². The Bertz CT molecular complexity index is 305. The van der Waals surface area contributed by atoms with Crippen LogP contribution in [0.2, 0.25) is 0 Å². The summed E-state index contributed by atoms with van der Waals surface area (Å²) in [5.74, 6) is 1.29. The van der Waals surface area contributed by atoms with Crippen LogP contribution in [0.15, 0.2) is 0 Å². The molecule has 0 aromatic rings. The summed E-state index contributed by atoms with van der Waals surface area (Å²) in [7, 11) is 0. The van der Waals surface area contributed by atoms with E-state index in [-0.39, 0.29) is 6.03 Å². The van der Waals surface area contributed by atoms with Gasteiger partial charge in [0, 0.05) is 32.2 Å². The average molecular weight is 283 g/mol. The van der Waals surface area contributed by atoms with Gasteiger partial charge in [-0.25, -0.2) is 4.79 Å². The number of hydrogen-bond acceptors (Lipinski definition) is 3. The van der Waals surface area contributed by atoms with Crippen molar-refractivity contribution < 1.29 is 9.53 Å². The lowest BCUT2D eigenvalue weighted by Gasteiger charge is -2.34. The molecule has 0 bridgehead atoms. The Morgan fingerprint density at radius 1 is 1.25 bits per heavy atom. The summed E-state index contributed by atoms with van der Waals surface area (Å²) in [6, 6.07) is 0.325. The summed E-state index contributed by atoms with van der Waals surface area (Å²) < 4.78 is 5.31. The van der Waals surface area contributed by atoms with Gasteiger partial charge in [-0.3, -0.25) is 4.90 Å². The average Bonchev–Trinajstić information content (AvgIpc) is 2.45. The highest BCUT2D eigenvalue weighted by Gasteiger charge is 2.27. The molecule has 2 rings (SSSR count). The molecular weight excluding hydrogens is 254 g/mol. The molecule has 2 aliphatic rings. The second-order valence-electron chi connectivity index (χ2n) is 6.23. The van der Waals surface area contributed by atoms with Crippen molar-refractivity contribution >= 4 is 6.03 Å². The Hall–Kier alpha value is -0.810. The molecule has 3 atom stereocenters. The molecule has 2 amide bonds. The van der Waals surface area contributed by atoms with Crippen molar-refractivity contribution in [2.75, 3.05) is 39.4 Å². The molecule has 2 N–H and O–H groups in total. The third-order valence-electron chi connectivity index (χ3n) is 4.84. The fourth-order valence-electron chi connectivity index (χ4n) is 3.16. The standard InChI is InChI=1S/C15H29N3O2/c1-12-4-3-5-14(13(12)2)17-15(19)16-6-7-18-8-10-20-11-9-18/h12-14H,3-11H2,1-2H3,(H2,16,17,19). The zero-order chi connectivity index (χ0) is 14.4. The van der Waals surface area contributed by atoms with Gasteiger partial charge in [0.1, 0.15) is 0 Å². The highest BCUT2D eigenvalue weighted by atomic mass is 16.5. The highest BCUT2D eigenvalue weighted by Crippen LogP contribution is 2.29. The number of rotatable bonds is 4. The number of urea groups is 1. The SMILES string of the molecule is CC1CCCC(NC(=O)NCCN2CCOCC2)C1C. The number of nitrogens with zero attached hydrogens (tertiary/aromatic N) is 1. The quantitative estimate of drug-likeness (QED) is 0.821. The summed E-state index contributed by atoms with van der Waals surface area (Å²) >= 11 is 0. The van der Waals surface area contributed by atoms with E-state index in [4.69, 9.17) is 4.74 Å². The number of nitrogens with one attached hydrogen (secondary N) is 2. The molecule has 3 unspecified atom stereocenters. The van der Waals surface area contributed by atoms with Crippen LogP contribution < -0.4 is 10.6 Å². The summed E-state index contributed by atoms with van der Waals surface area (Å²) in [6.45, 7) is 9.72. The molecule has 0 aromatic heterocycles. The molecule has 1 aliphatic heterocycles. The number of ether oxygens (including phenoxy) is 1. The van der Waals surface area contributed by atoms with E-state index in [1.165, 1.54) is 12.8 Å². The molecule has 1 heterocycles. The molecule has 1 aliphatic carbocycles. The van der Waals surface area contributed by atoms with Crippen LogP contribution in [-0.2, 0) is 4.74 Å². The van der Waals surface area contributed by atoms with Gasteiger partial charge in [-0.2, -0.15) is 0 Å². The van der Waals surface area contributed by atoms with Crippen molar-refractivity contribution in [3.63, 3.8) is 0 Å². The first-order chi connectivity index (χ1) is 9.66. The van der Waals surface area contributed by atoms with Crippen molar-refractivity contribution in [1.29, 1.82) is 0 Å². The van der Waals surface area contributed by atoms with Crippen LogP contribution >= 0.6 is 0 Å². The van der Waals surface area contributed by atoms with Crippen LogP contribution in [-0.4, -0.2) is 56.4 Å². The lowest BCUT2D eigenvalue weighted by Crippen LogP contribution is -2.49. The van der Waals surface area contributed by atoms with Crippen LogP contribution in [0.1, 0.15) is 33.1 Å². The molecule has 20 heavy (non-hydrogen) atoms. The fraction of sp³-hybridized carbons (Fsp3) is 0.933. The molecule has 5 heteroatoms. The lowest BCUT2D eigenvalue weighted by atomic mass is 9.78. The van der Waals surface area contributed by atoms with Crippen LogP contribution in [0.5, 0.6) is 0 Å². The predicted molar refractivity (Wildman–Crippen MR) is 79.8 cm³/mol. The van der Waals surface area contributed by atoms with Gasteiger partial charge >= 0.3 is 6.03 Å². The smallest absolute Gasteiger partial charge is 0.315 e. The number of carbonyl (C=O) groups excluding carboxylic acids is 1. The second-order valence-corrected chi connectivity index (χ2v) is 6.23. The van der Waals surface area contributed by atoms with Crippen LogP contribution in [0.3, 0.4) is 0 Å². The van der Waals surface area contributed by atoms with E-state index >= 15 is 0 Å². The van der Waals surface area contributed by atoms with Gasteiger partial charge in [0.15, 0.2) is 0 Å². The van der Waals surface area contributed by atoms with Gasteiger partial charge in [-0.05, 0) is 18.3 Å². The first kappa shape index (κ1) is 15.6. The third kappa shape index (κ3) is 4.63. The minimum Gasteiger partial charge on any atom is -0.379 e. The Labute approximate surface area is 122 Å². The van der Waals surface area contributed by atoms with E-state index in [0.717, 1.165) is 39.3 Å². The van der Waals surface area contributed by atoms with Crippen molar-refractivity contribution in [2.24, 2.45) is 11.8 Å². The van der Waals surface area contributed by atoms with E-state index in [9.17, 15) is 4.79 Å². The van der Waals surface area contributed by atoms with Gasteiger partial charge in [0.25, 0.3) is 0 Å². The van der Waals surface area contributed by atoms with Crippen LogP contribution in [0, 0.1) is 11.8 Å². The van der Waals surface area contributed by atoms with Gasteiger partial charge in [0.2, 0.25) is 0 Å². The highest BCUT2D eigenvalue weighted by molar-refractivity contribution is 5.74.